The number of hydrogen-bond donors (Lipinski definition) is 2. The molecule has 1 aliphatic carbocycles. The molecule has 12 rings (SSSR count). The highest BCUT2D eigenvalue weighted by Gasteiger charge is 2.46. The van der Waals surface area contributed by atoms with Gasteiger partial charge in [-0.3, -0.25) is 0 Å². The Morgan fingerprint density at radius 3 is 1.43 bits per heavy atom. The lowest BCUT2D eigenvalue weighted by molar-refractivity contribution is 0.769. The summed E-state index contributed by atoms with van der Waals surface area (Å²) >= 11 is 0. The second-order valence-corrected chi connectivity index (χ2v) is 17.4. The average Bonchev–Trinajstić information content (AvgIpc) is 3.70. The predicted molar refractivity (Wildman–Crippen MR) is 282 cm³/mol. The lowest BCUT2D eigenvalue weighted by Crippen LogP contribution is -2.28. The second-order valence-electron chi connectivity index (χ2n) is 17.4. The average molecular weight is 855 g/mol. The van der Waals surface area contributed by atoms with Crippen molar-refractivity contribution in [3.8, 4) is 55.6 Å². The summed E-state index contributed by atoms with van der Waals surface area (Å²) < 4.78 is 0. The summed E-state index contributed by atoms with van der Waals surface area (Å²) in [6, 6.07) is 97.0. The van der Waals surface area contributed by atoms with Crippen LogP contribution in [-0.4, -0.2) is 0 Å². The molecule has 0 aliphatic heterocycles. The van der Waals surface area contributed by atoms with E-state index >= 15 is 0 Å². The standard InChI is InChI=1S/C65H46N2/c1-5-18-45(19-6-1)46-32-37-54(38-33-46)66-63-40-35-50(49-36-41-64(58(42-49)48-20-7-2-8-21-48)67-62-31-17-23-47-22-13-14-28-55(47)62)43-59(63)51-34-39-57-56-29-15-16-30-60(56)65(61(57)44-51,52-24-9-3-10-25-52)53-26-11-4-12-27-53/h1-44,66-67H. The van der Waals surface area contributed by atoms with E-state index in [2.05, 4.69) is 278 Å². The molecule has 0 amide bonds. The molecule has 0 spiro atoms. The maximum atomic E-state index is 3.88. The van der Waals surface area contributed by atoms with Crippen LogP contribution in [0, 0.1) is 0 Å². The SMILES string of the molecule is c1ccc(-c2ccc(Nc3ccc(-c4ccc(Nc5cccc6ccccc56)c(-c5ccccc5)c4)cc3-c3ccc4c(c3)C(c3ccccc3)(c3ccccc3)c3ccccc3-4)cc2)cc1. The van der Waals surface area contributed by atoms with Gasteiger partial charge in [0.05, 0.1) is 5.41 Å². The van der Waals surface area contributed by atoms with E-state index in [1.54, 1.807) is 0 Å². The van der Waals surface area contributed by atoms with Crippen molar-refractivity contribution in [3.63, 3.8) is 0 Å². The van der Waals surface area contributed by atoms with Crippen molar-refractivity contribution >= 4 is 33.5 Å². The van der Waals surface area contributed by atoms with Gasteiger partial charge in [0.2, 0.25) is 0 Å². The monoisotopic (exact) mass is 854 g/mol. The molecule has 0 atom stereocenters. The van der Waals surface area contributed by atoms with E-state index in [0.717, 1.165) is 56.1 Å². The fourth-order valence-electron chi connectivity index (χ4n) is 10.4. The fourth-order valence-corrected chi connectivity index (χ4v) is 10.4. The molecule has 0 radical (unpaired) electrons. The number of rotatable bonds is 10. The smallest absolute Gasteiger partial charge is 0.0713 e. The van der Waals surface area contributed by atoms with Crippen LogP contribution in [0.3, 0.4) is 0 Å². The lowest BCUT2D eigenvalue weighted by Gasteiger charge is -2.34. The Labute approximate surface area is 392 Å². The van der Waals surface area contributed by atoms with Crippen molar-refractivity contribution in [2.75, 3.05) is 10.6 Å². The van der Waals surface area contributed by atoms with Crippen molar-refractivity contribution in [2.24, 2.45) is 0 Å². The van der Waals surface area contributed by atoms with Crippen LogP contribution in [0.5, 0.6) is 0 Å². The molecule has 2 nitrogen and oxygen atoms in total. The van der Waals surface area contributed by atoms with Gasteiger partial charge in [0.15, 0.2) is 0 Å². The van der Waals surface area contributed by atoms with Crippen molar-refractivity contribution < 1.29 is 0 Å². The number of anilines is 4. The summed E-state index contributed by atoms with van der Waals surface area (Å²) in [6.07, 6.45) is 0. The molecule has 0 fully saturated rings. The third kappa shape index (κ3) is 7.17. The topological polar surface area (TPSA) is 24.1 Å². The number of benzene rings is 11. The quantitative estimate of drug-likeness (QED) is 0.143. The van der Waals surface area contributed by atoms with Gasteiger partial charge in [0.25, 0.3) is 0 Å². The number of hydrogen-bond acceptors (Lipinski definition) is 2. The van der Waals surface area contributed by atoms with Crippen LogP contribution in [0.2, 0.25) is 0 Å². The Morgan fingerprint density at radius 1 is 0.254 bits per heavy atom. The van der Waals surface area contributed by atoms with Crippen LogP contribution in [0.15, 0.2) is 267 Å². The van der Waals surface area contributed by atoms with E-state index in [0.29, 0.717) is 0 Å². The Balaban J connectivity index is 1.03. The van der Waals surface area contributed by atoms with Gasteiger partial charge >= 0.3 is 0 Å². The molecule has 2 N–H and O–H groups in total. The third-order valence-electron chi connectivity index (χ3n) is 13.6. The van der Waals surface area contributed by atoms with E-state index in [9.17, 15) is 0 Å². The third-order valence-corrected chi connectivity index (χ3v) is 13.6. The maximum Gasteiger partial charge on any atom is 0.0713 e. The molecule has 0 unspecified atom stereocenters. The Kier molecular flexibility index (Phi) is 10.1. The molecule has 0 aromatic heterocycles. The molecule has 11 aromatic rings. The largest absolute Gasteiger partial charge is 0.355 e. The molecule has 1 aliphatic rings. The van der Waals surface area contributed by atoms with Gasteiger partial charge < -0.3 is 10.6 Å². The van der Waals surface area contributed by atoms with Gasteiger partial charge in [0.1, 0.15) is 0 Å². The van der Waals surface area contributed by atoms with Gasteiger partial charge in [-0.25, -0.2) is 0 Å². The zero-order chi connectivity index (χ0) is 44.6. The Bertz CT molecular complexity index is 3500. The summed E-state index contributed by atoms with van der Waals surface area (Å²) in [7, 11) is 0. The maximum absolute atomic E-state index is 3.88. The van der Waals surface area contributed by atoms with Crippen LogP contribution in [0.25, 0.3) is 66.4 Å². The van der Waals surface area contributed by atoms with E-state index in [1.165, 1.54) is 55.3 Å². The van der Waals surface area contributed by atoms with Gasteiger partial charge in [-0.1, -0.05) is 218 Å². The van der Waals surface area contributed by atoms with Crippen LogP contribution in [-0.2, 0) is 5.41 Å². The second kappa shape index (κ2) is 17.0. The minimum Gasteiger partial charge on any atom is -0.355 e. The molecule has 0 heterocycles. The number of fused-ring (bicyclic) bond motifs is 4. The van der Waals surface area contributed by atoms with Crippen molar-refractivity contribution in [1.82, 2.24) is 0 Å². The predicted octanol–water partition coefficient (Wildman–Crippen LogP) is 17.4. The Hall–Kier alpha value is -8.72. The van der Waals surface area contributed by atoms with Gasteiger partial charge in [-0.15, -0.1) is 0 Å². The first kappa shape index (κ1) is 39.8. The first-order valence-electron chi connectivity index (χ1n) is 23.1. The fraction of sp³-hybridized carbons (Fsp3) is 0.0154. The first-order chi connectivity index (χ1) is 33.2. The van der Waals surface area contributed by atoms with E-state index < -0.39 is 5.41 Å². The molecular weight excluding hydrogens is 809 g/mol. The van der Waals surface area contributed by atoms with E-state index in [1.807, 2.05) is 0 Å². The van der Waals surface area contributed by atoms with Crippen LogP contribution in [0.4, 0.5) is 22.7 Å². The summed E-state index contributed by atoms with van der Waals surface area (Å²) in [6.45, 7) is 0. The van der Waals surface area contributed by atoms with Gasteiger partial charge in [-0.05, 0) is 121 Å². The zero-order valence-electron chi connectivity index (χ0n) is 36.9. The highest BCUT2D eigenvalue weighted by molar-refractivity contribution is 5.98. The molecule has 0 bridgehead atoms. The van der Waals surface area contributed by atoms with Crippen molar-refractivity contribution in [2.45, 2.75) is 5.41 Å². The van der Waals surface area contributed by atoms with Gasteiger partial charge in [-0.2, -0.15) is 0 Å². The minimum atomic E-state index is -0.513. The van der Waals surface area contributed by atoms with Crippen LogP contribution in [0.1, 0.15) is 22.3 Å². The molecule has 0 saturated heterocycles. The molecule has 316 valence electrons. The highest BCUT2D eigenvalue weighted by atomic mass is 14.9. The van der Waals surface area contributed by atoms with Crippen LogP contribution >= 0.6 is 0 Å². The van der Waals surface area contributed by atoms with E-state index in [-0.39, 0.29) is 0 Å². The molecule has 67 heavy (non-hydrogen) atoms. The van der Waals surface area contributed by atoms with Gasteiger partial charge in [0, 0.05) is 39.3 Å². The zero-order valence-corrected chi connectivity index (χ0v) is 36.9. The molecular formula is C65H46N2. The number of nitrogens with one attached hydrogen (secondary N) is 2. The molecule has 2 heteroatoms. The molecule has 0 saturated carbocycles. The van der Waals surface area contributed by atoms with Crippen molar-refractivity contribution in [1.29, 1.82) is 0 Å². The first-order valence-corrected chi connectivity index (χ1v) is 23.1. The highest BCUT2D eigenvalue weighted by Crippen LogP contribution is 2.57. The summed E-state index contributed by atoms with van der Waals surface area (Å²) in [5, 5.41) is 10.1. The minimum absolute atomic E-state index is 0.513. The normalized spacial score (nSPS) is 12.3. The summed E-state index contributed by atoms with van der Waals surface area (Å²) in [4.78, 5) is 0. The Morgan fingerprint density at radius 2 is 0.746 bits per heavy atom. The van der Waals surface area contributed by atoms with Crippen molar-refractivity contribution in [3.05, 3.63) is 289 Å². The van der Waals surface area contributed by atoms with E-state index in [4.69, 9.17) is 0 Å². The summed E-state index contributed by atoms with van der Waals surface area (Å²) in [5.41, 5.74) is 20.5. The summed E-state index contributed by atoms with van der Waals surface area (Å²) in [5.74, 6) is 0. The molecule has 11 aromatic carbocycles. The lowest BCUT2D eigenvalue weighted by atomic mass is 9.67. The van der Waals surface area contributed by atoms with Crippen LogP contribution < -0.4 is 10.6 Å².